The van der Waals surface area contributed by atoms with Crippen LogP contribution in [0.15, 0.2) is 11.6 Å². The van der Waals surface area contributed by atoms with Crippen molar-refractivity contribution in [3.8, 4) is 0 Å². The number of carbonyl (C=O) groups is 1. The molecule has 9 heteroatoms. The molecule has 124 valence electrons. The molecule has 0 saturated carbocycles. The molecular formula is C14H20N6OS2. The lowest BCUT2D eigenvalue weighted by Gasteiger charge is -2.34. The van der Waals surface area contributed by atoms with E-state index in [0.29, 0.717) is 17.9 Å². The highest BCUT2D eigenvalue weighted by Gasteiger charge is 2.23. The number of thiazole rings is 1. The second-order valence-corrected chi connectivity index (χ2v) is 6.72. The largest absolute Gasteiger partial charge is 0.345 e. The Morgan fingerprint density at radius 1 is 1.39 bits per heavy atom. The Balaban J connectivity index is 1.60. The van der Waals surface area contributed by atoms with E-state index in [1.165, 1.54) is 0 Å². The van der Waals surface area contributed by atoms with Gasteiger partial charge in [0, 0.05) is 44.2 Å². The van der Waals surface area contributed by atoms with Crippen molar-refractivity contribution in [1.29, 1.82) is 0 Å². The lowest BCUT2D eigenvalue weighted by Crippen LogP contribution is -2.49. The predicted molar refractivity (Wildman–Crippen MR) is 92.3 cm³/mol. The van der Waals surface area contributed by atoms with Gasteiger partial charge in [0.15, 0.2) is 9.90 Å². The maximum Gasteiger partial charge on any atom is 0.242 e. The van der Waals surface area contributed by atoms with Gasteiger partial charge in [-0.2, -0.15) is 5.10 Å². The van der Waals surface area contributed by atoms with Crippen molar-refractivity contribution in [2.45, 2.75) is 26.3 Å². The normalized spacial score (nSPS) is 15.2. The average molecular weight is 352 g/mol. The summed E-state index contributed by atoms with van der Waals surface area (Å²) in [7, 11) is 0. The molecule has 0 unspecified atom stereocenters. The first-order valence-corrected chi connectivity index (χ1v) is 9.04. The summed E-state index contributed by atoms with van der Waals surface area (Å²) in [4.78, 5) is 21.0. The molecule has 1 N–H and O–H groups in total. The molecule has 1 amide bonds. The molecule has 1 saturated heterocycles. The zero-order valence-electron chi connectivity index (χ0n) is 13.1. The lowest BCUT2D eigenvalue weighted by molar-refractivity contribution is -0.132. The molecular weight excluding hydrogens is 332 g/mol. The van der Waals surface area contributed by atoms with Crippen LogP contribution in [0.25, 0.3) is 0 Å². The van der Waals surface area contributed by atoms with Crippen molar-refractivity contribution in [3.63, 3.8) is 0 Å². The summed E-state index contributed by atoms with van der Waals surface area (Å²) in [6, 6.07) is 0. The van der Waals surface area contributed by atoms with Gasteiger partial charge in [-0.05, 0) is 18.6 Å². The molecule has 3 heterocycles. The van der Waals surface area contributed by atoms with Crippen LogP contribution in [0.1, 0.15) is 19.2 Å². The van der Waals surface area contributed by atoms with Gasteiger partial charge in [0.25, 0.3) is 0 Å². The van der Waals surface area contributed by atoms with Crippen molar-refractivity contribution in [2.24, 2.45) is 0 Å². The molecule has 1 aliphatic heterocycles. The summed E-state index contributed by atoms with van der Waals surface area (Å²) in [6.07, 6.45) is 3.60. The number of H-pyrrole nitrogens is 1. The van der Waals surface area contributed by atoms with Crippen LogP contribution in [0.5, 0.6) is 0 Å². The van der Waals surface area contributed by atoms with E-state index in [1.807, 2.05) is 21.0 Å². The first-order valence-electron chi connectivity index (χ1n) is 7.75. The Labute approximate surface area is 143 Å². The lowest BCUT2D eigenvalue weighted by atomic mass is 10.3. The number of hydrogen-bond donors (Lipinski definition) is 1. The summed E-state index contributed by atoms with van der Waals surface area (Å²) in [5.74, 6) is 0.950. The van der Waals surface area contributed by atoms with Gasteiger partial charge >= 0.3 is 0 Å². The first kappa shape index (κ1) is 16.1. The monoisotopic (exact) mass is 352 g/mol. The van der Waals surface area contributed by atoms with Gasteiger partial charge in [-0.25, -0.2) is 4.98 Å². The van der Waals surface area contributed by atoms with Gasteiger partial charge in [-0.15, -0.1) is 11.3 Å². The van der Waals surface area contributed by atoms with Crippen LogP contribution in [-0.4, -0.2) is 56.7 Å². The summed E-state index contributed by atoms with van der Waals surface area (Å²) < 4.78 is 2.33. The van der Waals surface area contributed by atoms with Crippen molar-refractivity contribution in [1.82, 2.24) is 24.6 Å². The molecule has 1 aliphatic rings. The molecule has 23 heavy (non-hydrogen) atoms. The summed E-state index contributed by atoms with van der Waals surface area (Å²) in [5.41, 5.74) is 0. The second-order valence-electron chi connectivity index (χ2n) is 5.46. The molecule has 0 aliphatic carbocycles. The van der Waals surface area contributed by atoms with E-state index >= 15 is 0 Å². The molecule has 0 radical (unpaired) electrons. The van der Waals surface area contributed by atoms with Crippen molar-refractivity contribution >= 4 is 34.6 Å². The van der Waals surface area contributed by atoms with E-state index in [1.54, 1.807) is 11.3 Å². The number of rotatable bonds is 5. The number of aryl methyl sites for hydroxylation is 1. The first-order chi connectivity index (χ1) is 11.2. The molecule has 7 nitrogen and oxygen atoms in total. The minimum absolute atomic E-state index is 0.0960. The number of aromatic amines is 1. The van der Waals surface area contributed by atoms with E-state index in [-0.39, 0.29) is 12.5 Å². The molecule has 1 fully saturated rings. The van der Waals surface area contributed by atoms with Gasteiger partial charge in [-0.1, -0.05) is 6.92 Å². The van der Waals surface area contributed by atoms with Crippen LogP contribution in [-0.2, 0) is 17.8 Å². The summed E-state index contributed by atoms with van der Waals surface area (Å²) in [5, 5.41) is 10.00. The van der Waals surface area contributed by atoms with Gasteiger partial charge in [-0.3, -0.25) is 14.5 Å². The Morgan fingerprint density at radius 3 is 2.83 bits per heavy atom. The van der Waals surface area contributed by atoms with E-state index in [4.69, 9.17) is 12.2 Å². The topological polar surface area (TPSA) is 70.1 Å². The Bertz CT molecular complexity index is 699. The molecule has 0 aromatic carbocycles. The standard InChI is InChI=1S/C14H20N6OS2/c1-2-3-11-16-17-13(22)20(11)10-12(21)18-5-7-19(8-6-18)14-15-4-9-23-14/h4,9H,2-3,5-8,10H2,1H3,(H,17,22). The van der Waals surface area contributed by atoms with Crippen LogP contribution < -0.4 is 4.90 Å². The number of carbonyl (C=O) groups excluding carboxylic acids is 1. The number of anilines is 1. The minimum Gasteiger partial charge on any atom is -0.345 e. The Morgan fingerprint density at radius 2 is 2.17 bits per heavy atom. The number of piperazine rings is 1. The SMILES string of the molecule is CCCc1n[nH]c(=S)n1CC(=O)N1CCN(c2nccs2)CC1. The fourth-order valence-electron chi connectivity index (χ4n) is 2.68. The van der Waals surface area contributed by atoms with E-state index < -0.39 is 0 Å². The quantitative estimate of drug-likeness (QED) is 0.830. The highest BCUT2D eigenvalue weighted by molar-refractivity contribution is 7.71. The molecule has 0 spiro atoms. The third kappa shape index (κ3) is 3.61. The van der Waals surface area contributed by atoms with E-state index in [2.05, 4.69) is 27.0 Å². The number of nitrogens with one attached hydrogen (secondary N) is 1. The van der Waals surface area contributed by atoms with Crippen LogP contribution in [0.2, 0.25) is 0 Å². The van der Waals surface area contributed by atoms with Crippen molar-refractivity contribution in [2.75, 3.05) is 31.1 Å². The minimum atomic E-state index is 0.0960. The zero-order chi connectivity index (χ0) is 16.2. The second kappa shape index (κ2) is 7.22. The Hall–Kier alpha value is -1.74. The number of amides is 1. The average Bonchev–Trinajstić information content (AvgIpc) is 3.21. The Kier molecular flexibility index (Phi) is 5.06. The molecule has 2 aromatic heterocycles. The third-order valence-electron chi connectivity index (χ3n) is 3.93. The van der Waals surface area contributed by atoms with E-state index in [9.17, 15) is 4.79 Å². The van der Waals surface area contributed by atoms with Crippen LogP contribution in [0.3, 0.4) is 0 Å². The maximum atomic E-state index is 12.6. The third-order valence-corrected chi connectivity index (χ3v) is 5.07. The summed E-state index contributed by atoms with van der Waals surface area (Å²) in [6.45, 7) is 5.42. The summed E-state index contributed by atoms with van der Waals surface area (Å²) >= 11 is 6.87. The number of aromatic nitrogens is 4. The smallest absolute Gasteiger partial charge is 0.242 e. The fraction of sp³-hybridized carbons (Fsp3) is 0.571. The number of hydrogen-bond acceptors (Lipinski definition) is 6. The predicted octanol–water partition coefficient (Wildman–Crippen LogP) is 1.70. The zero-order valence-corrected chi connectivity index (χ0v) is 14.7. The van der Waals surface area contributed by atoms with Gasteiger partial charge in [0.2, 0.25) is 5.91 Å². The fourth-order valence-corrected chi connectivity index (χ4v) is 3.59. The van der Waals surface area contributed by atoms with Crippen molar-refractivity contribution in [3.05, 3.63) is 22.2 Å². The maximum absolute atomic E-state index is 12.6. The molecule has 2 aromatic rings. The van der Waals surface area contributed by atoms with Crippen LogP contribution >= 0.6 is 23.6 Å². The molecule has 0 atom stereocenters. The van der Waals surface area contributed by atoms with Gasteiger partial charge in [0.05, 0.1) is 0 Å². The van der Waals surface area contributed by atoms with Gasteiger partial charge in [0.1, 0.15) is 12.4 Å². The van der Waals surface area contributed by atoms with Crippen molar-refractivity contribution < 1.29 is 4.79 Å². The van der Waals surface area contributed by atoms with E-state index in [0.717, 1.165) is 36.9 Å². The molecule has 3 rings (SSSR count). The highest BCUT2D eigenvalue weighted by atomic mass is 32.1. The number of nitrogens with zero attached hydrogens (tertiary/aromatic N) is 5. The van der Waals surface area contributed by atoms with Gasteiger partial charge < -0.3 is 9.80 Å². The molecule has 0 bridgehead atoms. The highest BCUT2D eigenvalue weighted by Crippen LogP contribution is 2.19. The van der Waals surface area contributed by atoms with Crippen LogP contribution in [0.4, 0.5) is 5.13 Å². The van der Waals surface area contributed by atoms with Crippen LogP contribution in [0, 0.1) is 4.77 Å².